The largest absolute Gasteiger partial charge is 0.497 e. The molecule has 5 nitrogen and oxygen atoms in total. The predicted octanol–water partition coefficient (Wildman–Crippen LogP) is 3.27. The van der Waals surface area contributed by atoms with Gasteiger partial charge in [-0.15, -0.1) is 0 Å². The summed E-state index contributed by atoms with van der Waals surface area (Å²) in [5, 5.41) is 4.88. The van der Waals surface area contributed by atoms with Crippen molar-refractivity contribution in [3.63, 3.8) is 0 Å². The summed E-state index contributed by atoms with van der Waals surface area (Å²) in [6.07, 6.45) is 0. The summed E-state index contributed by atoms with van der Waals surface area (Å²) < 4.78 is 10.0. The summed E-state index contributed by atoms with van der Waals surface area (Å²) >= 11 is 0. The second-order valence-corrected chi connectivity index (χ2v) is 6.45. The number of amides is 1. The van der Waals surface area contributed by atoms with E-state index in [1.807, 2.05) is 57.2 Å². The molecule has 1 amide bonds. The topological polar surface area (TPSA) is 64.6 Å². The zero-order valence-electron chi connectivity index (χ0n) is 15.3. The Morgan fingerprint density at radius 3 is 2.20 bits per heavy atom. The van der Waals surface area contributed by atoms with Crippen molar-refractivity contribution in [2.45, 2.75) is 32.7 Å². The molecular weight excluding hydrogens is 318 g/mol. The summed E-state index contributed by atoms with van der Waals surface area (Å²) in [5.74, 6) is -0.257. The molecular formula is C20H25NO4. The molecule has 0 saturated carbocycles. The number of carbonyl (C=O) groups excluding carboxylic acids is 2. The summed E-state index contributed by atoms with van der Waals surface area (Å²) in [7, 11) is 2.96. The van der Waals surface area contributed by atoms with Crippen molar-refractivity contribution in [3.8, 4) is 5.75 Å². The van der Waals surface area contributed by atoms with E-state index in [1.54, 1.807) is 7.11 Å². The average molecular weight is 343 g/mol. The fourth-order valence-corrected chi connectivity index (χ4v) is 2.69. The maximum absolute atomic E-state index is 12.6. The molecule has 134 valence electrons. The second-order valence-electron chi connectivity index (χ2n) is 6.45. The highest BCUT2D eigenvalue weighted by molar-refractivity contribution is 5.90. The predicted molar refractivity (Wildman–Crippen MR) is 97.7 cm³/mol. The zero-order valence-corrected chi connectivity index (χ0v) is 15.3. The van der Waals surface area contributed by atoms with Gasteiger partial charge in [0.25, 0.3) is 0 Å². The van der Waals surface area contributed by atoms with Gasteiger partial charge < -0.3 is 14.8 Å². The van der Waals surface area contributed by atoms with Crippen LogP contribution in [0.15, 0.2) is 36.4 Å². The molecule has 0 bridgehead atoms. The van der Waals surface area contributed by atoms with Gasteiger partial charge in [-0.25, -0.2) is 4.79 Å². The first-order valence-corrected chi connectivity index (χ1v) is 8.33. The van der Waals surface area contributed by atoms with Crippen LogP contribution >= 0.6 is 0 Å². The van der Waals surface area contributed by atoms with Crippen molar-refractivity contribution in [1.82, 2.24) is 5.32 Å². The maximum Gasteiger partial charge on any atom is 0.328 e. The van der Waals surface area contributed by atoms with Crippen molar-refractivity contribution >= 4 is 22.6 Å². The van der Waals surface area contributed by atoms with Crippen LogP contribution in [0.3, 0.4) is 0 Å². The van der Waals surface area contributed by atoms with Crippen LogP contribution in [0.1, 0.15) is 32.3 Å². The standard InChI is InChI=1S/C20H25NO4/c1-12(2)18(20(23)25-5)21-19(22)13(3)14-6-7-16-11-17(24-4)9-8-15(16)10-14/h6-13,18H,1-5H3,(H,21,22)/t13-,18-/m0/s1. The lowest BCUT2D eigenvalue weighted by Crippen LogP contribution is -2.46. The van der Waals surface area contributed by atoms with Gasteiger partial charge in [0.1, 0.15) is 11.8 Å². The van der Waals surface area contributed by atoms with E-state index >= 15 is 0 Å². The molecule has 0 aliphatic heterocycles. The number of hydrogen-bond acceptors (Lipinski definition) is 4. The molecule has 25 heavy (non-hydrogen) atoms. The minimum atomic E-state index is -0.648. The molecule has 0 spiro atoms. The number of carbonyl (C=O) groups is 2. The van der Waals surface area contributed by atoms with Crippen LogP contribution in [0.25, 0.3) is 10.8 Å². The van der Waals surface area contributed by atoms with E-state index in [2.05, 4.69) is 5.32 Å². The molecule has 0 aliphatic rings. The molecule has 0 saturated heterocycles. The Balaban J connectivity index is 2.21. The van der Waals surface area contributed by atoms with Gasteiger partial charge in [-0.3, -0.25) is 4.79 Å². The number of esters is 1. The molecule has 0 aromatic heterocycles. The second kappa shape index (κ2) is 8.01. The SMILES string of the molecule is COC(=O)[C@@H](NC(=O)[C@@H](C)c1ccc2cc(OC)ccc2c1)C(C)C. The number of hydrogen-bond donors (Lipinski definition) is 1. The van der Waals surface area contributed by atoms with Gasteiger partial charge in [0, 0.05) is 0 Å². The van der Waals surface area contributed by atoms with Crippen LogP contribution in [0.4, 0.5) is 0 Å². The first-order chi connectivity index (χ1) is 11.9. The smallest absolute Gasteiger partial charge is 0.328 e. The van der Waals surface area contributed by atoms with Crippen molar-refractivity contribution in [3.05, 3.63) is 42.0 Å². The Kier molecular flexibility index (Phi) is 6.02. The Morgan fingerprint density at radius 2 is 1.60 bits per heavy atom. The lowest BCUT2D eigenvalue weighted by atomic mass is 9.96. The van der Waals surface area contributed by atoms with E-state index in [0.717, 1.165) is 22.1 Å². The molecule has 5 heteroatoms. The van der Waals surface area contributed by atoms with Gasteiger partial charge in [-0.2, -0.15) is 0 Å². The maximum atomic E-state index is 12.6. The molecule has 2 rings (SSSR count). The highest BCUT2D eigenvalue weighted by Gasteiger charge is 2.27. The molecule has 0 aliphatic carbocycles. The summed E-state index contributed by atoms with van der Waals surface area (Å²) in [6.45, 7) is 5.57. The molecule has 1 N–H and O–H groups in total. The third-order valence-corrected chi connectivity index (χ3v) is 4.38. The zero-order chi connectivity index (χ0) is 18.6. The molecule has 2 aromatic rings. The number of methoxy groups -OCH3 is 2. The molecule has 2 atom stereocenters. The molecule has 0 fully saturated rings. The quantitative estimate of drug-likeness (QED) is 0.818. The van der Waals surface area contributed by atoms with Gasteiger partial charge in [0.2, 0.25) is 5.91 Å². The normalized spacial score (nSPS) is 13.4. The monoisotopic (exact) mass is 343 g/mol. The van der Waals surface area contributed by atoms with E-state index in [1.165, 1.54) is 7.11 Å². The molecule has 0 radical (unpaired) electrons. The summed E-state index contributed by atoms with van der Waals surface area (Å²) in [5.41, 5.74) is 0.891. The molecule has 2 aromatic carbocycles. The van der Waals surface area contributed by atoms with E-state index in [0.29, 0.717) is 0 Å². The lowest BCUT2D eigenvalue weighted by Gasteiger charge is -2.22. The van der Waals surface area contributed by atoms with Crippen molar-refractivity contribution in [1.29, 1.82) is 0 Å². The van der Waals surface area contributed by atoms with Crippen LogP contribution in [-0.4, -0.2) is 32.1 Å². The first-order valence-electron chi connectivity index (χ1n) is 8.33. The highest BCUT2D eigenvalue weighted by Crippen LogP contribution is 2.25. The fourth-order valence-electron chi connectivity index (χ4n) is 2.69. The van der Waals surface area contributed by atoms with Gasteiger partial charge in [0.05, 0.1) is 20.1 Å². The van der Waals surface area contributed by atoms with Gasteiger partial charge >= 0.3 is 5.97 Å². The minimum Gasteiger partial charge on any atom is -0.497 e. The minimum absolute atomic E-state index is 0.0485. The van der Waals surface area contributed by atoms with Crippen LogP contribution in [0.5, 0.6) is 5.75 Å². The fraction of sp³-hybridized carbons (Fsp3) is 0.400. The Hall–Kier alpha value is -2.56. The van der Waals surface area contributed by atoms with E-state index < -0.39 is 12.0 Å². The Labute approximate surface area is 148 Å². The molecule has 0 unspecified atom stereocenters. The average Bonchev–Trinajstić information content (AvgIpc) is 2.63. The third kappa shape index (κ3) is 4.29. The summed E-state index contributed by atoms with van der Waals surface area (Å²) in [6, 6.07) is 11.0. The van der Waals surface area contributed by atoms with Crippen LogP contribution in [0.2, 0.25) is 0 Å². The third-order valence-electron chi connectivity index (χ3n) is 4.38. The van der Waals surface area contributed by atoms with Gasteiger partial charge in [0.15, 0.2) is 0 Å². The van der Waals surface area contributed by atoms with Crippen molar-refractivity contribution in [2.24, 2.45) is 5.92 Å². The van der Waals surface area contributed by atoms with Crippen molar-refractivity contribution < 1.29 is 19.1 Å². The van der Waals surface area contributed by atoms with Crippen molar-refractivity contribution in [2.75, 3.05) is 14.2 Å². The van der Waals surface area contributed by atoms with Crippen LogP contribution in [0, 0.1) is 5.92 Å². The van der Waals surface area contributed by atoms with Crippen LogP contribution < -0.4 is 10.1 Å². The Bertz CT molecular complexity index is 769. The summed E-state index contributed by atoms with van der Waals surface area (Å²) in [4.78, 5) is 24.4. The number of nitrogens with one attached hydrogen (secondary N) is 1. The van der Waals surface area contributed by atoms with Gasteiger partial charge in [-0.05, 0) is 41.3 Å². The van der Waals surface area contributed by atoms with E-state index in [-0.39, 0.29) is 17.7 Å². The van der Waals surface area contributed by atoms with Crippen LogP contribution in [-0.2, 0) is 14.3 Å². The Morgan fingerprint density at radius 1 is 0.960 bits per heavy atom. The first kappa shape index (κ1) is 18.8. The number of rotatable bonds is 6. The van der Waals surface area contributed by atoms with E-state index in [9.17, 15) is 9.59 Å². The highest BCUT2D eigenvalue weighted by atomic mass is 16.5. The molecule has 0 heterocycles. The number of ether oxygens (including phenoxy) is 2. The number of fused-ring (bicyclic) bond motifs is 1. The number of benzene rings is 2. The lowest BCUT2D eigenvalue weighted by molar-refractivity contribution is -0.146. The van der Waals surface area contributed by atoms with E-state index in [4.69, 9.17) is 9.47 Å². The van der Waals surface area contributed by atoms with Gasteiger partial charge in [-0.1, -0.05) is 38.1 Å².